The molecule has 1 aromatic rings. The van der Waals surface area contributed by atoms with Gasteiger partial charge in [-0.2, -0.15) is 0 Å². The Morgan fingerprint density at radius 3 is 3.00 bits per heavy atom. The van der Waals surface area contributed by atoms with Crippen LogP contribution in [0.1, 0.15) is 31.7 Å². The molecule has 4 heteroatoms. The van der Waals surface area contributed by atoms with Gasteiger partial charge < -0.3 is 15.4 Å². The van der Waals surface area contributed by atoms with Crippen molar-refractivity contribution < 1.29 is 9.53 Å². The lowest BCUT2D eigenvalue weighted by Crippen LogP contribution is -2.46. The van der Waals surface area contributed by atoms with Crippen molar-refractivity contribution in [2.45, 2.75) is 32.2 Å². The van der Waals surface area contributed by atoms with Crippen LogP contribution in [0.2, 0.25) is 0 Å². The summed E-state index contributed by atoms with van der Waals surface area (Å²) in [6.45, 7) is 3.90. The summed E-state index contributed by atoms with van der Waals surface area (Å²) in [4.78, 5) is 14.2. The topological polar surface area (TPSA) is 55.6 Å². The molecular formula is C17H24N2O2. The van der Waals surface area contributed by atoms with E-state index in [9.17, 15) is 4.79 Å². The molecule has 2 rings (SSSR count). The van der Waals surface area contributed by atoms with E-state index in [0.29, 0.717) is 13.2 Å². The van der Waals surface area contributed by atoms with E-state index in [1.165, 1.54) is 0 Å². The molecule has 0 radical (unpaired) electrons. The highest BCUT2D eigenvalue weighted by atomic mass is 16.5. The standard InChI is InChI=1S/C17H24N2O2/c1-2-21-16-9-4-3-7-14(16)10-11-17(20)19-12-6-5-8-15(19)13-18/h3-4,7,9-11,15H,2,5-6,8,12-13,18H2,1H3/b11-10+. The Morgan fingerprint density at radius 2 is 2.24 bits per heavy atom. The van der Waals surface area contributed by atoms with Crippen LogP contribution in [0, 0.1) is 0 Å². The molecule has 0 aromatic heterocycles. The summed E-state index contributed by atoms with van der Waals surface area (Å²) in [7, 11) is 0. The molecule has 114 valence electrons. The normalized spacial score (nSPS) is 19.0. The van der Waals surface area contributed by atoms with Gasteiger partial charge in [-0.05, 0) is 38.3 Å². The zero-order valence-electron chi connectivity index (χ0n) is 12.6. The smallest absolute Gasteiger partial charge is 0.246 e. The molecule has 0 aliphatic carbocycles. The van der Waals surface area contributed by atoms with Crippen molar-refractivity contribution >= 4 is 12.0 Å². The van der Waals surface area contributed by atoms with Crippen molar-refractivity contribution in [3.63, 3.8) is 0 Å². The van der Waals surface area contributed by atoms with E-state index in [-0.39, 0.29) is 11.9 Å². The quantitative estimate of drug-likeness (QED) is 0.847. The molecule has 1 aliphatic rings. The Kier molecular flexibility index (Phi) is 5.81. The maximum absolute atomic E-state index is 12.4. The third-order valence-corrected chi connectivity index (χ3v) is 3.81. The number of ether oxygens (including phenoxy) is 1. The number of carbonyl (C=O) groups excluding carboxylic acids is 1. The summed E-state index contributed by atoms with van der Waals surface area (Å²) in [5, 5.41) is 0. The number of carbonyl (C=O) groups is 1. The average molecular weight is 288 g/mol. The van der Waals surface area contributed by atoms with Gasteiger partial charge in [-0.3, -0.25) is 4.79 Å². The van der Waals surface area contributed by atoms with Gasteiger partial charge in [0.05, 0.1) is 6.61 Å². The molecule has 1 unspecified atom stereocenters. The van der Waals surface area contributed by atoms with E-state index < -0.39 is 0 Å². The van der Waals surface area contributed by atoms with Crippen LogP contribution < -0.4 is 10.5 Å². The Morgan fingerprint density at radius 1 is 1.43 bits per heavy atom. The summed E-state index contributed by atoms with van der Waals surface area (Å²) in [6, 6.07) is 7.91. The second-order valence-electron chi connectivity index (χ2n) is 5.22. The van der Waals surface area contributed by atoms with E-state index in [1.54, 1.807) is 6.08 Å². The van der Waals surface area contributed by atoms with Crippen LogP contribution in [0.15, 0.2) is 30.3 Å². The van der Waals surface area contributed by atoms with Gasteiger partial charge in [0.1, 0.15) is 5.75 Å². The zero-order chi connectivity index (χ0) is 15.1. The minimum Gasteiger partial charge on any atom is -0.493 e. The Hall–Kier alpha value is -1.81. The first-order valence-corrected chi connectivity index (χ1v) is 7.66. The number of hydrogen-bond acceptors (Lipinski definition) is 3. The minimum atomic E-state index is 0.0384. The van der Waals surface area contributed by atoms with Crippen LogP contribution >= 0.6 is 0 Å². The Bertz CT molecular complexity index is 499. The molecule has 1 atom stereocenters. The molecule has 1 heterocycles. The highest BCUT2D eigenvalue weighted by molar-refractivity contribution is 5.92. The Balaban J connectivity index is 2.07. The monoisotopic (exact) mass is 288 g/mol. The molecule has 1 saturated heterocycles. The number of nitrogens with zero attached hydrogens (tertiary/aromatic N) is 1. The number of hydrogen-bond donors (Lipinski definition) is 1. The molecule has 2 N–H and O–H groups in total. The van der Waals surface area contributed by atoms with Gasteiger partial charge in [0, 0.05) is 30.8 Å². The second kappa shape index (κ2) is 7.84. The van der Waals surface area contributed by atoms with Crippen molar-refractivity contribution in [1.82, 2.24) is 4.90 Å². The lowest BCUT2D eigenvalue weighted by Gasteiger charge is -2.34. The number of nitrogens with two attached hydrogens (primary N) is 1. The number of rotatable bonds is 5. The van der Waals surface area contributed by atoms with E-state index >= 15 is 0 Å². The predicted molar refractivity (Wildman–Crippen MR) is 85.1 cm³/mol. The van der Waals surface area contributed by atoms with Crippen molar-refractivity contribution in [3.8, 4) is 5.75 Å². The van der Waals surface area contributed by atoms with Crippen LogP contribution in [-0.4, -0.2) is 36.5 Å². The molecule has 1 amide bonds. The largest absolute Gasteiger partial charge is 0.493 e. The van der Waals surface area contributed by atoms with Gasteiger partial charge in [-0.25, -0.2) is 0 Å². The summed E-state index contributed by atoms with van der Waals surface area (Å²) in [5.41, 5.74) is 6.69. The number of amides is 1. The van der Waals surface area contributed by atoms with Gasteiger partial charge in [0.25, 0.3) is 0 Å². The fraction of sp³-hybridized carbons (Fsp3) is 0.471. The molecule has 1 fully saturated rings. The lowest BCUT2D eigenvalue weighted by atomic mass is 10.0. The van der Waals surface area contributed by atoms with Crippen LogP contribution in [0.5, 0.6) is 5.75 Å². The summed E-state index contributed by atoms with van der Waals surface area (Å²) < 4.78 is 5.56. The highest BCUT2D eigenvalue weighted by Gasteiger charge is 2.23. The first-order valence-electron chi connectivity index (χ1n) is 7.66. The van der Waals surface area contributed by atoms with E-state index in [0.717, 1.165) is 37.1 Å². The van der Waals surface area contributed by atoms with Crippen molar-refractivity contribution in [1.29, 1.82) is 0 Å². The SMILES string of the molecule is CCOc1ccccc1/C=C/C(=O)N1CCCCC1CN. The molecule has 0 spiro atoms. The van der Waals surface area contributed by atoms with Gasteiger partial charge in [-0.15, -0.1) is 0 Å². The van der Waals surface area contributed by atoms with Gasteiger partial charge >= 0.3 is 0 Å². The van der Waals surface area contributed by atoms with Crippen LogP contribution in [0.3, 0.4) is 0 Å². The Labute approximate surface area is 126 Å². The summed E-state index contributed by atoms with van der Waals surface area (Å²) in [5.74, 6) is 0.842. The number of likely N-dealkylation sites (tertiary alicyclic amines) is 1. The molecule has 0 bridgehead atoms. The minimum absolute atomic E-state index is 0.0384. The van der Waals surface area contributed by atoms with Gasteiger partial charge in [-0.1, -0.05) is 18.2 Å². The van der Waals surface area contributed by atoms with Crippen LogP contribution in [0.4, 0.5) is 0 Å². The van der Waals surface area contributed by atoms with Crippen molar-refractivity contribution in [2.24, 2.45) is 5.73 Å². The fourth-order valence-corrected chi connectivity index (χ4v) is 2.70. The molecule has 0 saturated carbocycles. The average Bonchev–Trinajstić information content (AvgIpc) is 2.54. The summed E-state index contributed by atoms with van der Waals surface area (Å²) >= 11 is 0. The number of para-hydroxylation sites is 1. The van der Waals surface area contributed by atoms with Crippen molar-refractivity contribution in [3.05, 3.63) is 35.9 Å². The second-order valence-corrected chi connectivity index (χ2v) is 5.22. The number of benzene rings is 1. The molecular weight excluding hydrogens is 264 g/mol. The van der Waals surface area contributed by atoms with Crippen LogP contribution in [0.25, 0.3) is 6.08 Å². The third kappa shape index (κ3) is 4.08. The lowest BCUT2D eigenvalue weighted by molar-refractivity contribution is -0.129. The van der Waals surface area contributed by atoms with Crippen LogP contribution in [-0.2, 0) is 4.79 Å². The van der Waals surface area contributed by atoms with Gasteiger partial charge in [0.2, 0.25) is 5.91 Å². The zero-order valence-corrected chi connectivity index (χ0v) is 12.6. The van der Waals surface area contributed by atoms with E-state index in [1.807, 2.05) is 42.2 Å². The molecule has 4 nitrogen and oxygen atoms in total. The van der Waals surface area contributed by atoms with Gasteiger partial charge in [0.15, 0.2) is 0 Å². The fourth-order valence-electron chi connectivity index (χ4n) is 2.70. The number of piperidine rings is 1. The first-order chi connectivity index (χ1) is 10.3. The molecule has 1 aliphatic heterocycles. The maximum Gasteiger partial charge on any atom is 0.246 e. The van der Waals surface area contributed by atoms with Crippen molar-refractivity contribution in [2.75, 3.05) is 19.7 Å². The third-order valence-electron chi connectivity index (χ3n) is 3.81. The highest BCUT2D eigenvalue weighted by Crippen LogP contribution is 2.21. The molecule has 1 aromatic carbocycles. The van der Waals surface area contributed by atoms with E-state index in [2.05, 4.69) is 0 Å². The van der Waals surface area contributed by atoms with E-state index in [4.69, 9.17) is 10.5 Å². The summed E-state index contributed by atoms with van der Waals surface area (Å²) in [6.07, 6.45) is 6.68. The predicted octanol–water partition coefficient (Wildman–Crippen LogP) is 2.44. The molecule has 21 heavy (non-hydrogen) atoms. The maximum atomic E-state index is 12.4. The first kappa shape index (κ1) is 15.6.